The quantitative estimate of drug-likeness (QED) is 0.449. The molecule has 5 nitrogen and oxygen atoms in total. The molecule has 1 aliphatic rings. The maximum atomic E-state index is 8.99. The molecule has 0 saturated heterocycles. The minimum atomic E-state index is -1.36. The molecule has 1 atom stereocenters. The van der Waals surface area contributed by atoms with E-state index in [1.54, 1.807) is 18.5 Å². The van der Waals surface area contributed by atoms with E-state index in [0.29, 0.717) is 0 Å². The van der Waals surface area contributed by atoms with Gasteiger partial charge in [-0.05, 0) is 19.3 Å². The van der Waals surface area contributed by atoms with E-state index in [9.17, 15) is 0 Å². The summed E-state index contributed by atoms with van der Waals surface area (Å²) in [4.78, 5) is 0. The summed E-state index contributed by atoms with van der Waals surface area (Å²) in [6.07, 6.45) is 12.2. The molecule has 0 saturated carbocycles. The van der Waals surface area contributed by atoms with Gasteiger partial charge in [-0.2, -0.15) is 5.10 Å². The molecule has 1 heterocycles. The number of hydrogen-bond acceptors (Lipinski definition) is 5. The Labute approximate surface area is 122 Å². The van der Waals surface area contributed by atoms with Crippen LogP contribution in [0, 0.1) is 0 Å². The molecule has 20 heavy (non-hydrogen) atoms. The standard InChI is InChI=1S/C14H27BN2O3/c1-2-3-4-6-11-20-12-7-5-9-17-10-8-14(13-16-17)15(18)19/h8,10,13-14,18-19H,2-7,9,11-12H2,1H3. The Hall–Kier alpha value is -0.845. The zero-order chi connectivity index (χ0) is 14.6. The normalized spacial score (nSPS) is 17.8. The van der Waals surface area contributed by atoms with Crippen LogP contribution in [-0.4, -0.2) is 48.1 Å². The Morgan fingerprint density at radius 2 is 1.90 bits per heavy atom. The van der Waals surface area contributed by atoms with Gasteiger partial charge in [0.1, 0.15) is 0 Å². The van der Waals surface area contributed by atoms with Gasteiger partial charge >= 0.3 is 7.12 Å². The van der Waals surface area contributed by atoms with Gasteiger partial charge in [-0.1, -0.05) is 32.3 Å². The lowest BCUT2D eigenvalue weighted by atomic mass is 9.73. The van der Waals surface area contributed by atoms with Crippen molar-refractivity contribution in [3.8, 4) is 0 Å². The summed E-state index contributed by atoms with van der Waals surface area (Å²) in [5.74, 6) is -0.391. The maximum absolute atomic E-state index is 8.99. The summed E-state index contributed by atoms with van der Waals surface area (Å²) in [5, 5.41) is 24.0. The molecule has 0 amide bonds. The molecular weight excluding hydrogens is 255 g/mol. The number of nitrogens with zero attached hydrogens (tertiary/aromatic N) is 2. The van der Waals surface area contributed by atoms with E-state index < -0.39 is 12.9 Å². The Morgan fingerprint density at radius 3 is 2.50 bits per heavy atom. The van der Waals surface area contributed by atoms with Gasteiger partial charge in [0, 0.05) is 32.2 Å². The minimum Gasteiger partial charge on any atom is -0.426 e. The highest BCUT2D eigenvalue weighted by Gasteiger charge is 2.20. The summed E-state index contributed by atoms with van der Waals surface area (Å²) < 4.78 is 5.58. The van der Waals surface area contributed by atoms with Crippen molar-refractivity contribution in [3.63, 3.8) is 0 Å². The average Bonchev–Trinajstić information content (AvgIpc) is 2.46. The van der Waals surface area contributed by atoms with Crippen molar-refractivity contribution in [1.29, 1.82) is 0 Å². The molecule has 2 N–H and O–H groups in total. The fraction of sp³-hybridized carbons (Fsp3) is 0.786. The van der Waals surface area contributed by atoms with E-state index in [4.69, 9.17) is 14.8 Å². The zero-order valence-corrected chi connectivity index (χ0v) is 12.4. The first-order valence-electron chi connectivity index (χ1n) is 7.67. The summed E-state index contributed by atoms with van der Waals surface area (Å²) in [5.41, 5.74) is 0. The van der Waals surface area contributed by atoms with Gasteiger partial charge in [0.15, 0.2) is 0 Å². The van der Waals surface area contributed by atoms with Crippen LogP contribution in [0.4, 0.5) is 0 Å². The van der Waals surface area contributed by atoms with Gasteiger partial charge in [-0.3, -0.25) is 5.01 Å². The molecule has 1 unspecified atom stereocenters. The Bertz CT molecular complexity index is 284. The van der Waals surface area contributed by atoms with E-state index in [0.717, 1.165) is 39.0 Å². The lowest BCUT2D eigenvalue weighted by Gasteiger charge is -2.19. The van der Waals surface area contributed by atoms with Crippen LogP contribution in [0.2, 0.25) is 5.82 Å². The lowest BCUT2D eigenvalue weighted by Crippen LogP contribution is -2.25. The molecule has 1 rings (SSSR count). The SMILES string of the molecule is CCCCCCOCCCCN1C=CC(B(O)O)C=N1. The zero-order valence-electron chi connectivity index (χ0n) is 12.4. The first-order chi connectivity index (χ1) is 9.74. The number of ether oxygens (including phenoxy) is 1. The first-order valence-corrected chi connectivity index (χ1v) is 7.67. The predicted octanol–water partition coefficient (Wildman–Crippen LogP) is 2.02. The summed E-state index contributed by atoms with van der Waals surface area (Å²) in [6.45, 7) is 4.73. The van der Waals surface area contributed by atoms with Crippen LogP contribution in [0.5, 0.6) is 0 Å². The van der Waals surface area contributed by atoms with Crippen LogP contribution >= 0.6 is 0 Å². The fourth-order valence-corrected chi connectivity index (χ4v) is 1.97. The molecule has 0 aromatic rings. The average molecular weight is 282 g/mol. The molecule has 114 valence electrons. The van der Waals surface area contributed by atoms with Gasteiger partial charge in [-0.25, -0.2) is 0 Å². The largest absolute Gasteiger partial charge is 0.464 e. The van der Waals surface area contributed by atoms with Gasteiger partial charge in [0.25, 0.3) is 0 Å². The van der Waals surface area contributed by atoms with Crippen molar-refractivity contribution in [3.05, 3.63) is 12.3 Å². The Morgan fingerprint density at radius 1 is 1.15 bits per heavy atom. The van der Waals surface area contributed by atoms with Crippen molar-refractivity contribution in [2.24, 2.45) is 5.10 Å². The van der Waals surface area contributed by atoms with Crippen molar-refractivity contribution < 1.29 is 14.8 Å². The molecule has 0 aromatic heterocycles. The second kappa shape index (κ2) is 10.9. The summed E-state index contributed by atoms with van der Waals surface area (Å²) >= 11 is 0. The second-order valence-electron chi connectivity index (χ2n) is 5.14. The number of rotatable bonds is 11. The minimum absolute atomic E-state index is 0.391. The van der Waals surface area contributed by atoms with Crippen LogP contribution in [0.25, 0.3) is 0 Å². The third-order valence-corrected chi connectivity index (χ3v) is 3.28. The monoisotopic (exact) mass is 282 g/mol. The van der Waals surface area contributed by atoms with Gasteiger partial charge in [0.05, 0.1) is 5.82 Å². The predicted molar refractivity (Wildman–Crippen MR) is 82.5 cm³/mol. The third-order valence-electron chi connectivity index (χ3n) is 3.28. The molecular formula is C14H27BN2O3. The highest BCUT2D eigenvalue weighted by atomic mass is 16.5. The smallest absolute Gasteiger partial charge is 0.426 e. The van der Waals surface area contributed by atoms with Gasteiger partial charge < -0.3 is 14.8 Å². The van der Waals surface area contributed by atoms with Gasteiger partial charge in [0.2, 0.25) is 0 Å². The number of hydrazone groups is 1. The van der Waals surface area contributed by atoms with Crippen LogP contribution < -0.4 is 0 Å². The molecule has 1 aliphatic heterocycles. The molecule has 0 aromatic carbocycles. The summed E-state index contributed by atoms with van der Waals surface area (Å²) in [6, 6.07) is 0. The van der Waals surface area contributed by atoms with Crippen LogP contribution in [0.15, 0.2) is 17.4 Å². The number of hydrogen-bond donors (Lipinski definition) is 2. The molecule has 0 bridgehead atoms. The fourth-order valence-electron chi connectivity index (χ4n) is 1.97. The van der Waals surface area contributed by atoms with Crippen LogP contribution in [0.1, 0.15) is 45.4 Å². The molecule has 0 aliphatic carbocycles. The van der Waals surface area contributed by atoms with E-state index in [1.807, 2.05) is 5.01 Å². The highest BCUT2D eigenvalue weighted by Crippen LogP contribution is 2.12. The molecule has 0 radical (unpaired) electrons. The number of unbranched alkanes of at least 4 members (excludes halogenated alkanes) is 4. The highest BCUT2D eigenvalue weighted by molar-refractivity contribution is 6.48. The third kappa shape index (κ3) is 7.67. The van der Waals surface area contributed by atoms with E-state index in [2.05, 4.69) is 12.0 Å². The van der Waals surface area contributed by atoms with E-state index in [1.165, 1.54) is 19.3 Å². The Balaban J connectivity index is 1.93. The Kier molecular flexibility index (Phi) is 9.37. The molecule has 0 spiro atoms. The van der Waals surface area contributed by atoms with Crippen molar-refractivity contribution >= 4 is 13.3 Å². The molecule has 0 fully saturated rings. The van der Waals surface area contributed by atoms with Crippen molar-refractivity contribution in [1.82, 2.24) is 5.01 Å². The second-order valence-corrected chi connectivity index (χ2v) is 5.14. The van der Waals surface area contributed by atoms with Crippen molar-refractivity contribution in [2.45, 2.75) is 51.3 Å². The lowest BCUT2D eigenvalue weighted by molar-refractivity contribution is 0.124. The topological polar surface area (TPSA) is 65.3 Å². The van der Waals surface area contributed by atoms with Crippen molar-refractivity contribution in [2.75, 3.05) is 19.8 Å². The maximum Gasteiger partial charge on any atom is 0.464 e. The molecule has 6 heteroatoms. The van der Waals surface area contributed by atoms with E-state index >= 15 is 0 Å². The van der Waals surface area contributed by atoms with Crippen LogP contribution in [-0.2, 0) is 4.74 Å². The van der Waals surface area contributed by atoms with E-state index in [-0.39, 0.29) is 0 Å². The summed E-state index contributed by atoms with van der Waals surface area (Å²) in [7, 11) is -1.36. The van der Waals surface area contributed by atoms with Crippen LogP contribution in [0.3, 0.4) is 0 Å². The first kappa shape index (κ1) is 17.2. The number of allylic oxidation sites excluding steroid dienone is 1. The van der Waals surface area contributed by atoms with Gasteiger partial charge in [-0.15, -0.1) is 0 Å².